The molecule has 2 aromatic heterocycles. The van der Waals surface area contributed by atoms with E-state index in [0.717, 1.165) is 5.69 Å². The molecule has 0 fully saturated rings. The second kappa shape index (κ2) is 8.36. The number of benzene rings is 1. The van der Waals surface area contributed by atoms with Crippen LogP contribution in [-0.4, -0.2) is 52.9 Å². The van der Waals surface area contributed by atoms with Gasteiger partial charge >= 0.3 is 0 Å². The van der Waals surface area contributed by atoms with Gasteiger partial charge in [-0.25, -0.2) is 9.50 Å². The monoisotopic (exact) mass is 398 g/mol. The Morgan fingerprint density at radius 1 is 1.28 bits per heavy atom. The zero-order valence-electron chi connectivity index (χ0n) is 17.0. The van der Waals surface area contributed by atoms with Crippen LogP contribution >= 0.6 is 0 Å². The maximum Gasteiger partial charge on any atom is 0.271 e. The number of rotatable bonds is 8. The van der Waals surface area contributed by atoms with Crippen molar-refractivity contribution in [3.8, 4) is 5.75 Å². The van der Waals surface area contributed by atoms with Gasteiger partial charge in [-0.05, 0) is 12.1 Å². The van der Waals surface area contributed by atoms with E-state index in [-0.39, 0.29) is 12.5 Å². The molecule has 9 heteroatoms. The summed E-state index contributed by atoms with van der Waals surface area (Å²) in [5, 5.41) is 23.1. The first-order valence-corrected chi connectivity index (χ1v) is 9.24. The van der Waals surface area contributed by atoms with Crippen LogP contribution in [0.1, 0.15) is 24.3 Å². The van der Waals surface area contributed by atoms with Gasteiger partial charge in [0.2, 0.25) is 0 Å². The number of aromatic nitrogens is 3. The molecular weight excluding hydrogens is 372 g/mol. The van der Waals surface area contributed by atoms with Crippen LogP contribution in [0, 0.1) is 5.41 Å². The van der Waals surface area contributed by atoms with Crippen LogP contribution in [0.25, 0.3) is 5.65 Å². The molecule has 3 aromatic rings. The highest BCUT2D eigenvalue weighted by molar-refractivity contribution is 5.94. The Labute approximate surface area is 169 Å². The number of aliphatic hydroxyl groups is 1. The maximum atomic E-state index is 12.7. The lowest BCUT2D eigenvalue weighted by Crippen LogP contribution is -2.36. The Hall–Kier alpha value is -3.33. The fraction of sp³-hybridized carbons (Fsp3) is 0.350. The van der Waals surface area contributed by atoms with Crippen molar-refractivity contribution in [2.45, 2.75) is 13.8 Å². The molecular formula is C20H26N6O3. The summed E-state index contributed by atoms with van der Waals surface area (Å²) in [5.74, 6) is 0.882. The number of carbonyl (C=O) groups excluding carboxylic acids is 1. The van der Waals surface area contributed by atoms with E-state index in [0.29, 0.717) is 35.1 Å². The summed E-state index contributed by atoms with van der Waals surface area (Å²) >= 11 is 0. The van der Waals surface area contributed by atoms with Crippen molar-refractivity contribution in [3.05, 3.63) is 42.2 Å². The molecule has 0 bridgehead atoms. The van der Waals surface area contributed by atoms with E-state index in [4.69, 9.17) is 4.74 Å². The second-order valence-electron chi connectivity index (χ2n) is 7.40. The van der Waals surface area contributed by atoms with E-state index in [2.05, 4.69) is 26.0 Å². The van der Waals surface area contributed by atoms with Crippen molar-refractivity contribution >= 4 is 28.7 Å². The molecule has 4 N–H and O–H groups in total. The minimum Gasteiger partial charge on any atom is -0.495 e. The summed E-state index contributed by atoms with van der Waals surface area (Å²) in [7, 11) is 3.38. The smallest absolute Gasteiger partial charge is 0.271 e. The average Bonchev–Trinajstić information content (AvgIpc) is 3.16. The predicted molar refractivity (Wildman–Crippen MR) is 112 cm³/mol. The molecule has 1 aromatic carbocycles. The topological polar surface area (TPSA) is 113 Å². The number of ether oxygens (including phenoxy) is 1. The van der Waals surface area contributed by atoms with E-state index in [1.54, 1.807) is 14.2 Å². The lowest BCUT2D eigenvalue weighted by atomic mass is 9.95. The number of nitrogens with one attached hydrogen (secondary N) is 3. The minimum absolute atomic E-state index is 0.0322. The lowest BCUT2D eigenvalue weighted by molar-refractivity contribution is 0.0904. The van der Waals surface area contributed by atoms with Gasteiger partial charge in [0.15, 0.2) is 17.2 Å². The van der Waals surface area contributed by atoms with Crippen LogP contribution in [-0.2, 0) is 0 Å². The Balaban J connectivity index is 1.95. The number of carbonyl (C=O) groups is 1. The fourth-order valence-electron chi connectivity index (χ4n) is 2.72. The molecule has 154 valence electrons. The molecule has 0 aliphatic heterocycles. The quantitative estimate of drug-likeness (QED) is 0.460. The van der Waals surface area contributed by atoms with E-state index in [9.17, 15) is 9.90 Å². The van der Waals surface area contributed by atoms with Crippen molar-refractivity contribution in [1.82, 2.24) is 19.9 Å². The van der Waals surface area contributed by atoms with Gasteiger partial charge < -0.3 is 25.8 Å². The van der Waals surface area contributed by atoms with Crippen LogP contribution in [0.15, 0.2) is 36.5 Å². The highest BCUT2D eigenvalue weighted by atomic mass is 16.5. The van der Waals surface area contributed by atoms with Crippen LogP contribution in [0.3, 0.4) is 0 Å². The van der Waals surface area contributed by atoms with Gasteiger partial charge in [0.05, 0.1) is 24.7 Å². The second-order valence-corrected chi connectivity index (χ2v) is 7.40. The number of amides is 1. The van der Waals surface area contributed by atoms with Crippen molar-refractivity contribution in [2.75, 3.05) is 37.9 Å². The number of aliphatic hydroxyl groups excluding tert-OH is 1. The van der Waals surface area contributed by atoms with E-state index < -0.39 is 5.41 Å². The van der Waals surface area contributed by atoms with E-state index in [1.165, 1.54) is 10.7 Å². The van der Waals surface area contributed by atoms with Crippen LogP contribution in [0.2, 0.25) is 0 Å². The molecule has 0 aliphatic rings. The number of nitrogens with zero attached hydrogens (tertiary/aromatic N) is 3. The Bertz CT molecular complexity index is 1010. The largest absolute Gasteiger partial charge is 0.495 e. The molecule has 1 amide bonds. The van der Waals surface area contributed by atoms with Crippen LogP contribution in [0.4, 0.5) is 17.2 Å². The normalized spacial score (nSPS) is 11.3. The van der Waals surface area contributed by atoms with Gasteiger partial charge in [-0.1, -0.05) is 26.0 Å². The third-order valence-corrected chi connectivity index (χ3v) is 4.49. The Morgan fingerprint density at radius 2 is 2.03 bits per heavy atom. The van der Waals surface area contributed by atoms with Crippen molar-refractivity contribution in [1.29, 1.82) is 0 Å². The summed E-state index contributed by atoms with van der Waals surface area (Å²) in [6, 6.07) is 9.31. The first-order chi connectivity index (χ1) is 13.9. The van der Waals surface area contributed by atoms with Crippen LogP contribution < -0.4 is 20.7 Å². The molecule has 2 heterocycles. The predicted octanol–water partition coefficient (Wildman–Crippen LogP) is 2.27. The number of para-hydroxylation sites is 2. The maximum absolute atomic E-state index is 12.7. The molecule has 3 rings (SSSR count). The molecule has 0 radical (unpaired) electrons. The number of anilines is 3. The summed E-state index contributed by atoms with van der Waals surface area (Å²) in [5.41, 5.74) is 1.88. The standard InChI is InChI=1S/C20H26N6O3/c1-20(2,12-27)11-23-19(28)15-10-22-18-14(21-3)9-17(25-26(15)18)24-13-7-5-6-8-16(13)29-4/h5-10,21,27H,11-12H2,1-4H3,(H,23,28)(H,24,25). The summed E-state index contributed by atoms with van der Waals surface area (Å²) in [4.78, 5) is 17.0. The molecule has 0 atom stereocenters. The van der Waals surface area contributed by atoms with E-state index in [1.807, 2.05) is 44.2 Å². The Morgan fingerprint density at radius 3 is 2.72 bits per heavy atom. The number of fused-ring (bicyclic) bond motifs is 1. The zero-order valence-corrected chi connectivity index (χ0v) is 17.0. The number of imidazole rings is 1. The van der Waals surface area contributed by atoms with Crippen molar-refractivity contribution in [3.63, 3.8) is 0 Å². The number of hydrogen-bond donors (Lipinski definition) is 4. The third kappa shape index (κ3) is 4.40. The van der Waals surface area contributed by atoms with Gasteiger partial charge in [-0.3, -0.25) is 4.79 Å². The number of methoxy groups -OCH3 is 1. The van der Waals surface area contributed by atoms with Gasteiger partial charge in [-0.15, -0.1) is 5.10 Å². The SMILES string of the molecule is CNc1cc(Nc2ccccc2OC)nn2c(C(=O)NCC(C)(C)CO)cnc12. The summed E-state index contributed by atoms with van der Waals surface area (Å²) in [6.07, 6.45) is 1.48. The molecule has 9 nitrogen and oxygen atoms in total. The third-order valence-electron chi connectivity index (χ3n) is 4.49. The van der Waals surface area contributed by atoms with Gasteiger partial charge in [0.1, 0.15) is 5.75 Å². The minimum atomic E-state index is -0.420. The summed E-state index contributed by atoms with van der Waals surface area (Å²) in [6.45, 7) is 4.03. The van der Waals surface area contributed by atoms with Gasteiger partial charge in [-0.2, -0.15) is 0 Å². The number of hydrogen-bond acceptors (Lipinski definition) is 7. The molecule has 29 heavy (non-hydrogen) atoms. The zero-order chi connectivity index (χ0) is 21.0. The Kier molecular flexibility index (Phi) is 5.88. The van der Waals surface area contributed by atoms with Crippen molar-refractivity contribution in [2.24, 2.45) is 5.41 Å². The highest BCUT2D eigenvalue weighted by Crippen LogP contribution is 2.28. The van der Waals surface area contributed by atoms with E-state index >= 15 is 0 Å². The molecule has 0 saturated heterocycles. The van der Waals surface area contributed by atoms with Crippen molar-refractivity contribution < 1.29 is 14.6 Å². The lowest BCUT2D eigenvalue weighted by Gasteiger charge is -2.21. The molecule has 0 unspecified atom stereocenters. The van der Waals surface area contributed by atoms with Gasteiger partial charge in [0, 0.05) is 31.7 Å². The molecule has 0 aliphatic carbocycles. The molecule has 0 saturated carbocycles. The van der Waals surface area contributed by atoms with Crippen LogP contribution in [0.5, 0.6) is 5.75 Å². The highest BCUT2D eigenvalue weighted by Gasteiger charge is 2.21. The van der Waals surface area contributed by atoms with Gasteiger partial charge in [0.25, 0.3) is 5.91 Å². The molecule has 0 spiro atoms. The fourth-order valence-corrected chi connectivity index (χ4v) is 2.72. The summed E-state index contributed by atoms with van der Waals surface area (Å²) < 4.78 is 6.86. The average molecular weight is 398 g/mol. The first-order valence-electron chi connectivity index (χ1n) is 9.24. The first kappa shape index (κ1) is 20.4.